The highest BCUT2D eigenvalue weighted by molar-refractivity contribution is 6.36. The fraction of sp³-hybridized carbons (Fsp3) is 0.286. The average Bonchev–Trinajstić information content (AvgIpc) is 3.17. The highest BCUT2D eigenvalue weighted by Gasteiger charge is 2.20. The molecule has 1 aliphatic rings. The molecule has 1 saturated heterocycles. The Bertz CT molecular complexity index is 1010. The van der Waals surface area contributed by atoms with Crippen molar-refractivity contribution in [1.82, 2.24) is 15.1 Å². The third-order valence-corrected chi connectivity index (χ3v) is 5.55. The molecule has 1 fully saturated rings. The first-order chi connectivity index (χ1) is 14.0. The Labute approximate surface area is 179 Å². The summed E-state index contributed by atoms with van der Waals surface area (Å²) >= 11 is 12.2. The Morgan fingerprint density at radius 2 is 1.76 bits per heavy atom. The number of aromatic nitrogens is 2. The summed E-state index contributed by atoms with van der Waals surface area (Å²) in [5.74, 6) is 1.04. The fourth-order valence-electron chi connectivity index (χ4n) is 3.35. The van der Waals surface area contributed by atoms with Gasteiger partial charge in [-0.15, -0.1) is 10.2 Å². The maximum atomic E-state index is 11.4. The van der Waals surface area contributed by atoms with Crippen molar-refractivity contribution in [1.29, 1.82) is 0 Å². The van der Waals surface area contributed by atoms with E-state index in [1.165, 1.54) is 0 Å². The molecule has 0 bridgehead atoms. The van der Waals surface area contributed by atoms with Gasteiger partial charge in [0.05, 0.1) is 17.1 Å². The molecule has 1 aliphatic heterocycles. The molecule has 1 aromatic heterocycles. The summed E-state index contributed by atoms with van der Waals surface area (Å²) in [6, 6.07) is 13.0. The second kappa shape index (κ2) is 8.53. The van der Waals surface area contributed by atoms with Gasteiger partial charge in [0.2, 0.25) is 11.8 Å². The van der Waals surface area contributed by atoms with E-state index in [4.69, 9.17) is 27.6 Å². The molecule has 0 atom stereocenters. The number of anilines is 1. The molecule has 3 aromatic rings. The number of nitrogens with zero attached hydrogens (tertiary/aromatic N) is 4. The highest BCUT2D eigenvalue weighted by Crippen LogP contribution is 2.29. The molecule has 0 spiro atoms. The summed E-state index contributed by atoms with van der Waals surface area (Å²) in [5.41, 5.74) is 2.54. The summed E-state index contributed by atoms with van der Waals surface area (Å²) in [6.07, 6.45) is 0. The van der Waals surface area contributed by atoms with Crippen LogP contribution in [-0.4, -0.2) is 47.1 Å². The Hall–Kier alpha value is -2.41. The Morgan fingerprint density at radius 3 is 2.41 bits per heavy atom. The lowest BCUT2D eigenvalue weighted by Crippen LogP contribution is -2.46. The minimum absolute atomic E-state index is 0.0835. The van der Waals surface area contributed by atoms with E-state index in [2.05, 4.69) is 20.0 Å². The zero-order valence-electron chi connectivity index (χ0n) is 15.9. The third kappa shape index (κ3) is 4.61. The zero-order chi connectivity index (χ0) is 20.4. The van der Waals surface area contributed by atoms with Crippen molar-refractivity contribution in [3.05, 3.63) is 64.0 Å². The molecular formula is C21H20Cl2N4O2. The van der Waals surface area contributed by atoms with Crippen LogP contribution in [0.5, 0.6) is 0 Å². The molecule has 0 saturated carbocycles. The van der Waals surface area contributed by atoms with Crippen molar-refractivity contribution in [3.8, 4) is 11.5 Å². The van der Waals surface area contributed by atoms with Crippen LogP contribution >= 0.6 is 23.2 Å². The monoisotopic (exact) mass is 430 g/mol. The molecule has 2 heterocycles. The van der Waals surface area contributed by atoms with Crippen molar-refractivity contribution in [2.24, 2.45) is 0 Å². The minimum atomic E-state index is 0.0835. The van der Waals surface area contributed by atoms with Crippen LogP contribution in [0.1, 0.15) is 23.2 Å². The standard InChI is InChI=1S/C21H20Cl2N4O2/c1-14(28)15-2-5-17(6-3-15)27-10-8-26(9-11-27)13-20-24-25-21(29-20)18-7-4-16(22)12-19(18)23/h2-7,12H,8-11,13H2,1H3. The number of carbonyl (C=O) groups is 1. The fourth-order valence-corrected chi connectivity index (χ4v) is 3.84. The van der Waals surface area contributed by atoms with E-state index in [1.54, 1.807) is 25.1 Å². The summed E-state index contributed by atoms with van der Waals surface area (Å²) in [5, 5.41) is 9.32. The van der Waals surface area contributed by atoms with E-state index in [-0.39, 0.29) is 5.78 Å². The molecule has 0 unspecified atom stereocenters. The van der Waals surface area contributed by atoms with Gasteiger partial charge in [0.1, 0.15) is 0 Å². The molecule has 4 rings (SSSR count). The van der Waals surface area contributed by atoms with Gasteiger partial charge in [0, 0.05) is 42.5 Å². The zero-order valence-corrected chi connectivity index (χ0v) is 17.5. The van der Waals surface area contributed by atoms with E-state index >= 15 is 0 Å². The van der Waals surface area contributed by atoms with E-state index in [9.17, 15) is 4.79 Å². The van der Waals surface area contributed by atoms with Crippen molar-refractivity contribution in [3.63, 3.8) is 0 Å². The van der Waals surface area contributed by atoms with Crippen LogP contribution in [0.15, 0.2) is 46.9 Å². The lowest BCUT2D eigenvalue weighted by molar-refractivity contribution is 0.101. The number of carbonyl (C=O) groups excluding carboxylic acids is 1. The largest absolute Gasteiger partial charge is 0.419 e. The molecule has 0 amide bonds. The molecule has 2 aromatic carbocycles. The van der Waals surface area contributed by atoms with Gasteiger partial charge >= 0.3 is 0 Å². The minimum Gasteiger partial charge on any atom is -0.419 e. The molecule has 6 nitrogen and oxygen atoms in total. The normalized spacial score (nSPS) is 14.9. The molecule has 29 heavy (non-hydrogen) atoms. The third-order valence-electron chi connectivity index (χ3n) is 5.00. The molecule has 0 radical (unpaired) electrons. The van der Waals surface area contributed by atoms with Gasteiger partial charge < -0.3 is 9.32 Å². The van der Waals surface area contributed by atoms with E-state index in [1.807, 2.05) is 24.3 Å². The number of hydrogen-bond donors (Lipinski definition) is 0. The number of hydrogen-bond acceptors (Lipinski definition) is 6. The molecule has 0 aliphatic carbocycles. The smallest absolute Gasteiger partial charge is 0.249 e. The van der Waals surface area contributed by atoms with E-state index in [0.29, 0.717) is 33.9 Å². The van der Waals surface area contributed by atoms with Gasteiger partial charge in [-0.05, 0) is 49.4 Å². The molecule has 0 N–H and O–H groups in total. The summed E-state index contributed by atoms with van der Waals surface area (Å²) in [6.45, 7) is 5.72. The van der Waals surface area contributed by atoms with Crippen molar-refractivity contribution in [2.45, 2.75) is 13.5 Å². The van der Waals surface area contributed by atoms with Crippen LogP contribution in [0.2, 0.25) is 10.0 Å². The summed E-state index contributed by atoms with van der Waals surface area (Å²) in [4.78, 5) is 16.0. The van der Waals surface area contributed by atoms with Gasteiger partial charge in [-0.3, -0.25) is 9.69 Å². The van der Waals surface area contributed by atoms with Crippen LogP contribution in [0.25, 0.3) is 11.5 Å². The lowest BCUT2D eigenvalue weighted by Gasteiger charge is -2.35. The first-order valence-corrected chi connectivity index (χ1v) is 10.1. The summed E-state index contributed by atoms with van der Waals surface area (Å²) in [7, 11) is 0. The average molecular weight is 431 g/mol. The van der Waals surface area contributed by atoms with Gasteiger partial charge in [-0.2, -0.15) is 0 Å². The van der Waals surface area contributed by atoms with Crippen molar-refractivity contribution in [2.75, 3.05) is 31.1 Å². The highest BCUT2D eigenvalue weighted by atomic mass is 35.5. The maximum absolute atomic E-state index is 11.4. The topological polar surface area (TPSA) is 62.5 Å². The SMILES string of the molecule is CC(=O)c1ccc(N2CCN(Cc3nnc(-c4ccc(Cl)cc4Cl)o3)CC2)cc1. The van der Waals surface area contributed by atoms with E-state index < -0.39 is 0 Å². The maximum Gasteiger partial charge on any atom is 0.249 e. The molecule has 150 valence electrons. The Morgan fingerprint density at radius 1 is 1.03 bits per heavy atom. The Balaban J connectivity index is 1.35. The van der Waals surface area contributed by atoms with Crippen molar-refractivity contribution < 1.29 is 9.21 Å². The Kier molecular flexibility index (Phi) is 5.85. The van der Waals surface area contributed by atoms with Crippen molar-refractivity contribution >= 4 is 34.7 Å². The van der Waals surface area contributed by atoms with Crippen LogP contribution < -0.4 is 4.90 Å². The molecule has 8 heteroatoms. The van der Waals surface area contributed by atoms with Crippen LogP contribution in [0.3, 0.4) is 0 Å². The van der Waals surface area contributed by atoms with Gasteiger partial charge in [0.15, 0.2) is 5.78 Å². The number of Topliss-reactive ketones (excluding diaryl/α,β-unsaturated/α-hetero) is 1. The quantitative estimate of drug-likeness (QED) is 0.552. The van der Waals surface area contributed by atoms with Crippen LogP contribution in [0, 0.1) is 0 Å². The van der Waals surface area contributed by atoms with E-state index in [0.717, 1.165) is 37.4 Å². The second-order valence-electron chi connectivity index (χ2n) is 6.99. The van der Waals surface area contributed by atoms with Crippen LogP contribution in [-0.2, 0) is 6.54 Å². The lowest BCUT2D eigenvalue weighted by atomic mass is 10.1. The van der Waals surface area contributed by atoms with Gasteiger partial charge in [-0.25, -0.2) is 0 Å². The van der Waals surface area contributed by atoms with Crippen LogP contribution in [0.4, 0.5) is 5.69 Å². The number of benzene rings is 2. The van der Waals surface area contributed by atoms with Gasteiger partial charge in [-0.1, -0.05) is 23.2 Å². The number of halogens is 2. The first kappa shape index (κ1) is 19.9. The molecular weight excluding hydrogens is 411 g/mol. The number of ketones is 1. The predicted molar refractivity (Wildman–Crippen MR) is 114 cm³/mol. The number of rotatable bonds is 5. The first-order valence-electron chi connectivity index (χ1n) is 9.36. The van der Waals surface area contributed by atoms with Gasteiger partial charge in [0.25, 0.3) is 0 Å². The predicted octanol–water partition coefficient (Wildman–Crippen LogP) is 4.57. The number of piperazine rings is 1. The summed E-state index contributed by atoms with van der Waals surface area (Å²) < 4.78 is 5.80. The second-order valence-corrected chi connectivity index (χ2v) is 7.84.